The molecule has 2 heterocycles. The van der Waals surface area contributed by atoms with Gasteiger partial charge in [0.2, 0.25) is 5.13 Å². The molecule has 1 aromatic carbocycles. The summed E-state index contributed by atoms with van der Waals surface area (Å²) >= 11 is 1.67. The molecule has 0 fully saturated rings. The number of benzene rings is 1. The predicted octanol–water partition coefficient (Wildman–Crippen LogP) is 3.07. The Morgan fingerprint density at radius 3 is 2.84 bits per heavy atom. The van der Waals surface area contributed by atoms with Crippen LogP contribution in [0, 0.1) is 6.92 Å². The molecule has 0 spiro atoms. The third-order valence-electron chi connectivity index (χ3n) is 3.41. The SMILES string of the molecule is CNC(C)c1cnn(-c2nc3ccccc3s2)c1C. The fraction of sp³-hybridized carbons (Fsp3) is 0.286. The summed E-state index contributed by atoms with van der Waals surface area (Å²) in [6.45, 7) is 4.22. The smallest absolute Gasteiger partial charge is 0.211 e. The summed E-state index contributed by atoms with van der Waals surface area (Å²) in [7, 11) is 1.96. The molecule has 19 heavy (non-hydrogen) atoms. The Hall–Kier alpha value is -1.72. The number of hydrogen-bond donors (Lipinski definition) is 1. The van der Waals surface area contributed by atoms with Gasteiger partial charge in [-0.3, -0.25) is 0 Å². The van der Waals surface area contributed by atoms with E-state index in [4.69, 9.17) is 0 Å². The average molecular weight is 272 g/mol. The Bertz CT molecular complexity index is 680. The van der Waals surface area contributed by atoms with Crippen molar-refractivity contribution in [3.05, 3.63) is 41.7 Å². The molecule has 3 aromatic rings. The fourth-order valence-corrected chi connectivity index (χ4v) is 3.12. The highest BCUT2D eigenvalue weighted by Gasteiger charge is 2.15. The number of fused-ring (bicyclic) bond motifs is 1. The minimum atomic E-state index is 0.295. The Kier molecular flexibility index (Phi) is 3.08. The largest absolute Gasteiger partial charge is 0.313 e. The number of nitrogens with one attached hydrogen (secondary N) is 1. The van der Waals surface area contributed by atoms with Gasteiger partial charge >= 0.3 is 0 Å². The first kappa shape index (κ1) is 12.3. The van der Waals surface area contributed by atoms with Gasteiger partial charge in [-0.15, -0.1) is 0 Å². The normalized spacial score (nSPS) is 13.0. The van der Waals surface area contributed by atoms with Crippen LogP contribution in [0.25, 0.3) is 15.3 Å². The van der Waals surface area contributed by atoms with Gasteiger partial charge in [-0.1, -0.05) is 23.5 Å². The van der Waals surface area contributed by atoms with Crippen LogP contribution in [-0.4, -0.2) is 21.8 Å². The Labute approximate surface area is 116 Å². The van der Waals surface area contributed by atoms with E-state index in [2.05, 4.69) is 35.3 Å². The van der Waals surface area contributed by atoms with Crippen LogP contribution in [0.15, 0.2) is 30.5 Å². The van der Waals surface area contributed by atoms with Crippen LogP contribution in [-0.2, 0) is 0 Å². The van der Waals surface area contributed by atoms with Crippen molar-refractivity contribution in [2.75, 3.05) is 7.05 Å². The summed E-state index contributed by atoms with van der Waals surface area (Å²) in [5.41, 5.74) is 3.38. The summed E-state index contributed by atoms with van der Waals surface area (Å²) in [4.78, 5) is 4.64. The lowest BCUT2D eigenvalue weighted by Gasteiger charge is -2.09. The lowest BCUT2D eigenvalue weighted by atomic mass is 10.1. The van der Waals surface area contributed by atoms with Crippen molar-refractivity contribution in [2.24, 2.45) is 0 Å². The zero-order chi connectivity index (χ0) is 13.4. The van der Waals surface area contributed by atoms with Crippen molar-refractivity contribution in [1.82, 2.24) is 20.1 Å². The molecule has 1 N–H and O–H groups in total. The van der Waals surface area contributed by atoms with E-state index in [1.165, 1.54) is 10.3 Å². The average Bonchev–Trinajstić information content (AvgIpc) is 3.00. The van der Waals surface area contributed by atoms with Crippen LogP contribution < -0.4 is 5.32 Å². The molecule has 3 rings (SSSR count). The Balaban J connectivity index is 2.09. The van der Waals surface area contributed by atoms with Gasteiger partial charge in [0, 0.05) is 17.3 Å². The molecule has 4 nitrogen and oxygen atoms in total. The second kappa shape index (κ2) is 4.75. The van der Waals surface area contributed by atoms with E-state index in [1.807, 2.05) is 36.1 Å². The van der Waals surface area contributed by atoms with E-state index >= 15 is 0 Å². The number of rotatable bonds is 3. The first-order chi connectivity index (χ1) is 9.20. The zero-order valence-corrected chi connectivity index (χ0v) is 12.0. The van der Waals surface area contributed by atoms with Gasteiger partial charge in [0.05, 0.1) is 16.4 Å². The lowest BCUT2D eigenvalue weighted by Crippen LogP contribution is -2.13. The molecule has 98 valence electrons. The van der Waals surface area contributed by atoms with Crippen molar-refractivity contribution in [1.29, 1.82) is 0 Å². The molecule has 0 saturated carbocycles. The molecular weight excluding hydrogens is 256 g/mol. The molecule has 0 radical (unpaired) electrons. The zero-order valence-electron chi connectivity index (χ0n) is 11.2. The fourth-order valence-electron chi connectivity index (χ4n) is 2.15. The molecule has 0 aliphatic rings. The van der Waals surface area contributed by atoms with E-state index in [0.717, 1.165) is 16.3 Å². The molecule has 1 atom stereocenters. The van der Waals surface area contributed by atoms with Crippen molar-refractivity contribution < 1.29 is 0 Å². The van der Waals surface area contributed by atoms with E-state index in [1.54, 1.807) is 11.3 Å². The molecule has 1 unspecified atom stereocenters. The number of para-hydroxylation sites is 1. The van der Waals surface area contributed by atoms with Gasteiger partial charge < -0.3 is 5.32 Å². The second-order valence-corrected chi connectivity index (χ2v) is 5.58. The minimum Gasteiger partial charge on any atom is -0.313 e. The highest BCUT2D eigenvalue weighted by atomic mass is 32.1. The Morgan fingerprint density at radius 1 is 1.32 bits per heavy atom. The third-order valence-corrected chi connectivity index (χ3v) is 4.42. The van der Waals surface area contributed by atoms with Gasteiger partial charge in [-0.05, 0) is 33.0 Å². The monoisotopic (exact) mass is 272 g/mol. The molecule has 0 aliphatic carbocycles. The van der Waals surface area contributed by atoms with Crippen molar-refractivity contribution in [2.45, 2.75) is 19.9 Å². The maximum absolute atomic E-state index is 4.64. The first-order valence-corrected chi connectivity index (χ1v) is 7.10. The lowest BCUT2D eigenvalue weighted by molar-refractivity contribution is 0.647. The molecule has 0 amide bonds. The quantitative estimate of drug-likeness (QED) is 0.797. The molecule has 5 heteroatoms. The van der Waals surface area contributed by atoms with E-state index in [-0.39, 0.29) is 0 Å². The molecule has 0 saturated heterocycles. The molecular formula is C14H16N4S. The van der Waals surface area contributed by atoms with E-state index in [9.17, 15) is 0 Å². The highest BCUT2D eigenvalue weighted by molar-refractivity contribution is 7.20. The van der Waals surface area contributed by atoms with Gasteiger partial charge in [-0.2, -0.15) is 5.10 Å². The summed E-state index contributed by atoms with van der Waals surface area (Å²) in [6.07, 6.45) is 1.92. The van der Waals surface area contributed by atoms with Crippen LogP contribution in [0.3, 0.4) is 0 Å². The number of aromatic nitrogens is 3. The van der Waals surface area contributed by atoms with Gasteiger partial charge in [-0.25, -0.2) is 9.67 Å². The second-order valence-electron chi connectivity index (χ2n) is 4.57. The van der Waals surface area contributed by atoms with Crippen LogP contribution in [0.2, 0.25) is 0 Å². The first-order valence-electron chi connectivity index (χ1n) is 6.28. The van der Waals surface area contributed by atoms with Crippen LogP contribution in [0.4, 0.5) is 0 Å². The molecule has 2 aromatic heterocycles. The number of nitrogens with zero attached hydrogens (tertiary/aromatic N) is 3. The summed E-state index contributed by atoms with van der Waals surface area (Å²) in [6, 6.07) is 8.46. The van der Waals surface area contributed by atoms with Crippen LogP contribution in [0.1, 0.15) is 24.2 Å². The summed E-state index contributed by atoms with van der Waals surface area (Å²) in [5, 5.41) is 8.64. The van der Waals surface area contributed by atoms with Crippen molar-refractivity contribution in [3.63, 3.8) is 0 Å². The maximum Gasteiger partial charge on any atom is 0.211 e. The number of thiazole rings is 1. The summed E-state index contributed by atoms with van der Waals surface area (Å²) < 4.78 is 3.11. The van der Waals surface area contributed by atoms with Crippen LogP contribution in [0.5, 0.6) is 0 Å². The van der Waals surface area contributed by atoms with Crippen LogP contribution >= 0.6 is 11.3 Å². The maximum atomic E-state index is 4.64. The van der Waals surface area contributed by atoms with Gasteiger partial charge in [0.1, 0.15) is 0 Å². The van der Waals surface area contributed by atoms with Gasteiger partial charge in [0.25, 0.3) is 0 Å². The molecule has 0 aliphatic heterocycles. The standard InChI is InChI=1S/C14H16N4S/c1-9(15-3)11-8-16-18(10(11)2)14-17-12-6-4-5-7-13(12)19-14/h4-9,15H,1-3H3. The summed E-state index contributed by atoms with van der Waals surface area (Å²) in [5.74, 6) is 0. The minimum absolute atomic E-state index is 0.295. The van der Waals surface area contributed by atoms with Gasteiger partial charge in [0.15, 0.2) is 0 Å². The number of hydrogen-bond acceptors (Lipinski definition) is 4. The highest BCUT2D eigenvalue weighted by Crippen LogP contribution is 2.26. The van der Waals surface area contributed by atoms with E-state index < -0.39 is 0 Å². The van der Waals surface area contributed by atoms with E-state index in [0.29, 0.717) is 6.04 Å². The van der Waals surface area contributed by atoms with Crippen molar-refractivity contribution in [3.8, 4) is 5.13 Å². The molecule has 0 bridgehead atoms. The Morgan fingerprint density at radius 2 is 2.11 bits per heavy atom. The topological polar surface area (TPSA) is 42.7 Å². The van der Waals surface area contributed by atoms with Crippen molar-refractivity contribution >= 4 is 21.6 Å². The predicted molar refractivity (Wildman–Crippen MR) is 79.0 cm³/mol. The third kappa shape index (κ3) is 2.05.